The number of urea groups is 1. The number of methoxy groups -OCH3 is 1. The molecule has 1 aromatic rings. The van der Waals surface area contributed by atoms with Crippen molar-refractivity contribution in [3.63, 3.8) is 0 Å². The molecule has 2 saturated heterocycles. The normalized spacial score (nSPS) is 21.2. The average molecular weight is 346 g/mol. The Morgan fingerprint density at radius 2 is 1.88 bits per heavy atom. The third-order valence-corrected chi connectivity index (χ3v) is 5.09. The Kier molecular flexibility index (Phi) is 5.31. The van der Waals surface area contributed by atoms with Crippen LogP contribution in [0.3, 0.4) is 0 Å². The molecule has 0 aliphatic carbocycles. The van der Waals surface area contributed by atoms with Gasteiger partial charge in [-0.3, -0.25) is 4.79 Å². The molecule has 2 aliphatic rings. The van der Waals surface area contributed by atoms with Crippen molar-refractivity contribution in [1.82, 2.24) is 9.80 Å². The second-order valence-corrected chi connectivity index (χ2v) is 6.64. The Bertz CT molecular complexity index is 629. The highest BCUT2D eigenvalue weighted by atomic mass is 16.5. The largest absolute Gasteiger partial charge is 0.497 e. The third kappa shape index (κ3) is 3.97. The lowest BCUT2D eigenvalue weighted by atomic mass is 9.96. The Morgan fingerprint density at radius 3 is 2.56 bits per heavy atom. The zero-order chi connectivity index (χ0) is 17.8. The highest BCUT2D eigenvalue weighted by Gasteiger charge is 2.32. The maximum absolute atomic E-state index is 12.8. The first-order valence-corrected chi connectivity index (χ1v) is 8.80. The van der Waals surface area contributed by atoms with Gasteiger partial charge in [0.1, 0.15) is 5.75 Å². The van der Waals surface area contributed by atoms with E-state index in [1.165, 1.54) is 0 Å². The molecule has 2 fully saturated rings. The summed E-state index contributed by atoms with van der Waals surface area (Å²) in [7, 11) is 1.66. The maximum Gasteiger partial charge on any atom is 0.314 e. The molecule has 0 unspecified atom stereocenters. The molecule has 0 aromatic heterocycles. The summed E-state index contributed by atoms with van der Waals surface area (Å²) >= 11 is 0. The van der Waals surface area contributed by atoms with Crippen LogP contribution in [-0.4, -0.2) is 68.1 Å². The topological polar surface area (TPSA) is 79.1 Å². The van der Waals surface area contributed by atoms with Crippen molar-refractivity contribution in [3.8, 4) is 5.75 Å². The van der Waals surface area contributed by atoms with E-state index in [2.05, 4.69) is 11.0 Å². The molecule has 2 N–H and O–H groups in total. The summed E-state index contributed by atoms with van der Waals surface area (Å²) in [5, 5.41) is 0. The van der Waals surface area contributed by atoms with E-state index in [1.54, 1.807) is 12.0 Å². The lowest BCUT2D eigenvalue weighted by Crippen LogP contribution is -2.53. The first-order valence-electron chi connectivity index (χ1n) is 8.80. The van der Waals surface area contributed by atoms with Crippen LogP contribution in [0.5, 0.6) is 5.75 Å². The number of rotatable bonds is 3. The molecule has 0 saturated carbocycles. The fraction of sp³-hybridized carbons (Fsp3) is 0.556. The van der Waals surface area contributed by atoms with Crippen LogP contribution in [-0.2, 0) is 4.79 Å². The molecule has 136 valence electrons. The van der Waals surface area contributed by atoms with Crippen molar-refractivity contribution in [2.75, 3.05) is 51.3 Å². The number of likely N-dealkylation sites (tertiary alicyclic amines) is 1. The van der Waals surface area contributed by atoms with Crippen LogP contribution in [0.15, 0.2) is 24.3 Å². The number of carbonyl (C=O) groups excluding carboxylic acids is 2. The van der Waals surface area contributed by atoms with Crippen molar-refractivity contribution < 1.29 is 14.3 Å². The highest BCUT2D eigenvalue weighted by Crippen LogP contribution is 2.24. The van der Waals surface area contributed by atoms with Crippen molar-refractivity contribution in [2.24, 2.45) is 11.7 Å². The number of piperidine rings is 1. The minimum absolute atomic E-state index is 0.121. The van der Waals surface area contributed by atoms with E-state index in [0.717, 1.165) is 37.4 Å². The van der Waals surface area contributed by atoms with E-state index in [4.69, 9.17) is 10.5 Å². The smallest absolute Gasteiger partial charge is 0.314 e. The highest BCUT2D eigenvalue weighted by molar-refractivity contribution is 5.81. The lowest BCUT2D eigenvalue weighted by Gasteiger charge is -2.39. The molecule has 7 nitrogen and oxygen atoms in total. The van der Waals surface area contributed by atoms with Gasteiger partial charge in [-0.25, -0.2) is 4.79 Å². The predicted octanol–water partition coefficient (Wildman–Crippen LogP) is 1.13. The maximum atomic E-state index is 12.8. The minimum Gasteiger partial charge on any atom is -0.497 e. The van der Waals surface area contributed by atoms with Gasteiger partial charge in [-0.1, -0.05) is 6.07 Å². The summed E-state index contributed by atoms with van der Waals surface area (Å²) in [5.41, 5.74) is 6.47. The van der Waals surface area contributed by atoms with E-state index in [-0.39, 0.29) is 11.8 Å². The number of hydrogen-bond donors (Lipinski definition) is 1. The van der Waals surface area contributed by atoms with Crippen LogP contribution in [0.1, 0.15) is 12.8 Å². The number of piperazine rings is 1. The van der Waals surface area contributed by atoms with E-state index in [1.807, 2.05) is 23.1 Å². The number of carbonyl (C=O) groups is 2. The Morgan fingerprint density at radius 1 is 1.12 bits per heavy atom. The van der Waals surface area contributed by atoms with Gasteiger partial charge >= 0.3 is 6.03 Å². The second-order valence-electron chi connectivity index (χ2n) is 6.64. The van der Waals surface area contributed by atoms with E-state index < -0.39 is 6.03 Å². The van der Waals surface area contributed by atoms with Gasteiger partial charge < -0.3 is 25.2 Å². The minimum atomic E-state index is -0.430. The zero-order valence-electron chi connectivity index (χ0n) is 14.7. The predicted molar refractivity (Wildman–Crippen MR) is 95.7 cm³/mol. The second kappa shape index (κ2) is 7.63. The molecular formula is C18H26N4O3. The molecule has 3 amide bonds. The average Bonchev–Trinajstić information content (AvgIpc) is 2.67. The monoisotopic (exact) mass is 346 g/mol. The van der Waals surface area contributed by atoms with Crippen molar-refractivity contribution in [2.45, 2.75) is 12.8 Å². The van der Waals surface area contributed by atoms with Gasteiger partial charge in [0.25, 0.3) is 0 Å². The summed E-state index contributed by atoms with van der Waals surface area (Å²) in [5.74, 6) is 0.866. The molecule has 0 bridgehead atoms. The number of anilines is 1. The number of ether oxygens (including phenoxy) is 1. The van der Waals surface area contributed by atoms with Crippen LogP contribution in [0, 0.1) is 5.92 Å². The van der Waals surface area contributed by atoms with Gasteiger partial charge in [-0.05, 0) is 25.0 Å². The molecular weight excluding hydrogens is 320 g/mol. The zero-order valence-corrected chi connectivity index (χ0v) is 14.7. The quantitative estimate of drug-likeness (QED) is 0.890. The van der Waals surface area contributed by atoms with Gasteiger partial charge in [-0.2, -0.15) is 0 Å². The molecule has 25 heavy (non-hydrogen) atoms. The Balaban J connectivity index is 1.56. The summed E-state index contributed by atoms with van der Waals surface area (Å²) in [6.07, 6.45) is 1.67. The number of primary amides is 1. The van der Waals surface area contributed by atoms with Crippen LogP contribution in [0.25, 0.3) is 0 Å². The summed E-state index contributed by atoms with van der Waals surface area (Å²) in [6.45, 7) is 4.09. The lowest BCUT2D eigenvalue weighted by molar-refractivity contribution is -0.137. The fourth-order valence-corrected chi connectivity index (χ4v) is 3.63. The molecule has 1 aromatic carbocycles. The van der Waals surface area contributed by atoms with E-state index in [0.29, 0.717) is 26.2 Å². The summed E-state index contributed by atoms with van der Waals surface area (Å²) in [4.78, 5) is 29.9. The van der Waals surface area contributed by atoms with Crippen LogP contribution >= 0.6 is 0 Å². The van der Waals surface area contributed by atoms with Gasteiger partial charge in [0.2, 0.25) is 5.91 Å². The number of hydrogen-bond acceptors (Lipinski definition) is 4. The third-order valence-electron chi connectivity index (χ3n) is 5.09. The van der Waals surface area contributed by atoms with Gasteiger partial charge in [0.15, 0.2) is 0 Å². The molecule has 2 aliphatic heterocycles. The summed E-state index contributed by atoms with van der Waals surface area (Å²) < 4.78 is 5.28. The standard InChI is InChI=1S/C18H26N4O3/c1-25-16-6-2-5-15(12-16)20-8-10-21(11-9-20)17(23)14-4-3-7-22(13-14)18(19)24/h2,5-6,12,14H,3-4,7-11,13H2,1H3,(H2,19,24)/t14-/m1/s1. The van der Waals surface area contributed by atoms with Crippen molar-refractivity contribution >= 4 is 17.6 Å². The molecule has 0 spiro atoms. The molecule has 0 radical (unpaired) electrons. The fourth-order valence-electron chi connectivity index (χ4n) is 3.63. The number of amides is 3. The number of benzene rings is 1. The molecule has 2 heterocycles. The first-order chi connectivity index (χ1) is 12.1. The van der Waals surface area contributed by atoms with Crippen LogP contribution in [0.4, 0.5) is 10.5 Å². The van der Waals surface area contributed by atoms with Crippen LogP contribution < -0.4 is 15.4 Å². The number of nitrogens with zero attached hydrogens (tertiary/aromatic N) is 3. The van der Waals surface area contributed by atoms with Crippen molar-refractivity contribution in [3.05, 3.63) is 24.3 Å². The van der Waals surface area contributed by atoms with Gasteiger partial charge in [-0.15, -0.1) is 0 Å². The molecule has 3 rings (SSSR count). The Labute approximate surface area is 148 Å². The summed E-state index contributed by atoms with van der Waals surface area (Å²) in [6, 6.07) is 7.55. The van der Waals surface area contributed by atoms with Crippen LogP contribution in [0.2, 0.25) is 0 Å². The first kappa shape index (κ1) is 17.4. The Hall–Kier alpha value is -2.44. The van der Waals surface area contributed by atoms with E-state index in [9.17, 15) is 9.59 Å². The van der Waals surface area contributed by atoms with Crippen molar-refractivity contribution in [1.29, 1.82) is 0 Å². The van der Waals surface area contributed by atoms with E-state index >= 15 is 0 Å². The van der Waals surface area contributed by atoms with Gasteiger partial charge in [0.05, 0.1) is 13.0 Å². The molecule has 1 atom stereocenters. The molecule has 7 heteroatoms. The van der Waals surface area contributed by atoms with Gasteiger partial charge in [0, 0.05) is 51.0 Å². The SMILES string of the molecule is COc1cccc(N2CCN(C(=O)[C@@H]3CCCN(C(N)=O)C3)CC2)c1. The number of nitrogens with two attached hydrogens (primary N) is 1.